The van der Waals surface area contributed by atoms with Crippen LogP contribution in [0.2, 0.25) is 5.02 Å². The number of benzene rings is 2. The van der Waals surface area contributed by atoms with Crippen molar-refractivity contribution in [1.82, 2.24) is 15.5 Å². The second-order valence-electron chi connectivity index (χ2n) is 6.91. The van der Waals surface area contributed by atoms with Gasteiger partial charge in [-0.25, -0.2) is 8.42 Å². The predicted octanol–water partition coefficient (Wildman–Crippen LogP) is 3.26. The van der Waals surface area contributed by atoms with Gasteiger partial charge in [-0.3, -0.25) is 9.10 Å². The van der Waals surface area contributed by atoms with Crippen molar-refractivity contribution in [3.05, 3.63) is 59.4 Å². The van der Waals surface area contributed by atoms with Crippen LogP contribution in [-0.4, -0.2) is 44.4 Å². The van der Waals surface area contributed by atoms with Crippen molar-refractivity contribution in [3.63, 3.8) is 0 Å². The van der Waals surface area contributed by atoms with Gasteiger partial charge in [-0.1, -0.05) is 28.9 Å². The molecule has 0 spiro atoms. The Morgan fingerprint density at radius 3 is 2.56 bits per heavy atom. The molecule has 0 radical (unpaired) electrons. The molecule has 1 N–H and O–H groups in total. The average molecular weight is 479 g/mol. The van der Waals surface area contributed by atoms with E-state index in [0.717, 1.165) is 6.26 Å². The minimum Gasteiger partial charge on any atom is -0.497 e. The summed E-state index contributed by atoms with van der Waals surface area (Å²) in [6, 6.07) is 13.8. The van der Waals surface area contributed by atoms with Crippen LogP contribution in [0.25, 0.3) is 11.4 Å². The van der Waals surface area contributed by atoms with Crippen molar-refractivity contribution < 1.29 is 22.5 Å². The van der Waals surface area contributed by atoms with Crippen molar-refractivity contribution in [2.24, 2.45) is 0 Å². The van der Waals surface area contributed by atoms with Gasteiger partial charge in [0.05, 0.1) is 30.6 Å². The van der Waals surface area contributed by atoms with Crippen LogP contribution in [0.1, 0.15) is 18.7 Å². The zero-order valence-corrected chi connectivity index (χ0v) is 19.2. The summed E-state index contributed by atoms with van der Waals surface area (Å²) in [6.45, 7) is 0.223. The molecule has 11 heteroatoms. The van der Waals surface area contributed by atoms with Crippen LogP contribution < -0.4 is 14.4 Å². The average Bonchev–Trinajstić information content (AvgIpc) is 3.24. The fraction of sp³-hybridized carbons (Fsp3) is 0.286. The van der Waals surface area contributed by atoms with E-state index in [1.807, 2.05) is 6.07 Å². The summed E-state index contributed by atoms with van der Waals surface area (Å²) >= 11 is 6.13. The van der Waals surface area contributed by atoms with E-state index in [9.17, 15) is 13.2 Å². The van der Waals surface area contributed by atoms with Crippen molar-refractivity contribution in [3.8, 4) is 17.1 Å². The molecule has 1 heterocycles. The third-order valence-electron chi connectivity index (χ3n) is 4.55. The maximum atomic E-state index is 12.2. The molecule has 0 fully saturated rings. The number of carbonyl (C=O) groups is 1. The Bertz CT molecular complexity index is 1160. The van der Waals surface area contributed by atoms with Crippen LogP contribution in [0.15, 0.2) is 53.1 Å². The first-order valence-corrected chi connectivity index (χ1v) is 12.0. The quantitative estimate of drug-likeness (QED) is 0.475. The lowest BCUT2D eigenvalue weighted by Crippen LogP contribution is -2.32. The number of rotatable bonds is 10. The number of methoxy groups -OCH3 is 1. The van der Waals surface area contributed by atoms with Gasteiger partial charge >= 0.3 is 0 Å². The molecule has 32 heavy (non-hydrogen) atoms. The molecule has 0 unspecified atom stereocenters. The summed E-state index contributed by atoms with van der Waals surface area (Å²) in [4.78, 5) is 16.4. The normalized spacial score (nSPS) is 11.2. The lowest BCUT2D eigenvalue weighted by atomic mass is 10.2. The van der Waals surface area contributed by atoms with Gasteiger partial charge < -0.3 is 14.6 Å². The van der Waals surface area contributed by atoms with Crippen molar-refractivity contribution in [2.45, 2.75) is 19.4 Å². The highest BCUT2D eigenvalue weighted by atomic mass is 35.5. The smallest absolute Gasteiger partial charge is 0.246 e. The van der Waals surface area contributed by atoms with E-state index < -0.39 is 10.0 Å². The van der Waals surface area contributed by atoms with Gasteiger partial charge in [-0.2, -0.15) is 4.98 Å². The summed E-state index contributed by atoms with van der Waals surface area (Å²) in [7, 11) is -1.97. The summed E-state index contributed by atoms with van der Waals surface area (Å²) < 4.78 is 35.9. The van der Waals surface area contributed by atoms with Crippen LogP contribution in [0, 0.1) is 0 Å². The number of amides is 1. The highest BCUT2D eigenvalue weighted by Crippen LogP contribution is 2.25. The van der Waals surface area contributed by atoms with Crippen LogP contribution in [0.5, 0.6) is 5.75 Å². The zero-order valence-electron chi connectivity index (χ0n) is 17.6. The molecule has 9 nitrogen and oxygen atoms in total. The maximum Gasteiger partial charge on any atom is 0.246 e. The molecule has 0 aliphatic heterocycles. The van der Waals surface area contributed by atoms with E-state index in [0.29, 0.717) is 34.3 Å². The molecule has 0 bridgehead atoms. The fourth-order valence-corrected chi connectivity index (χ4v) is 4.14. The molecule has 0 saturated carbocycles. The number of sulfonamides is 1. The van der Waals surface area contributed by atoms with E-state index in [4.69, 9.17) is 20.9 Å². The number of aromatic nitrogens is 2. The Morgan fingerprint density at radius 2 is 1.91 bits per heavy atom. The Kier molecular flexibility index (Phi) is 7.70. The summed E-state index contributed by atoms with van der Waals surface area (Å²) in [5.41, 5.74) is 1.14. The van der Waals surface area contributed by atoms with Crippen LogP contribution in [0.4, 0.5) is 5.69 Å². The number of anilines is 1. The van der Waals surface area contributed by atoms with Gasteiger partial charge in [0.15, 0.2) is 0 Å². The molecule has 170 valence electrons. The Balaban J connectivity index is 1.51. The van der Waals surface area contributed by atoms with Crippen LogP contribution in [0.3, 0.4) is 0 Å². The van der Waals surface area contributed by atoms with Gasteiger partial charge in [0.1, 0.15) is 5.75 Å². The van der Waals surface area contributed by atoms with Crippen molar-refractivity contribution in [1.29, 1.82) is 0 Å². The van der Waals surface area contributed by atoms with Gasteiger partial charge in [0.2, 0.25) is 27.6 Å². The maximum absolute atomic E-state index is 12.2. The lowest BCUT2D eigenvalue weighted by molar-refractivity contribution is -0.121. The van der Waals surface area contributed by atoms with E-state index in [1.165, 1.54) is 11.4 Å². The van der Waals surface area contributed by atoms with Gasteiger partial charge in [0.25, 0.3) is 0 Å². The van der Waals surface area contributed by atoms with Crippen LogP contribution in [-0.2, 0) is 21.4 Å². The van der Waals surface area contributed by atoms with Crippen molar-refractivity contribution in [2.75, 3.05) is 24.2 Å². The standard InChI is InChI=1S/C21H23ClN4O5S/c1-30-16-11-9-15(10-12-16)26(32(2,28)29)13-5-8-19(27)23-14-20-24-21(25-31-20)17-6-3-4-7-18(17)22/h3-4,6-7,9-12H,5,8,13-14H2,1-2H3,(H,23,27). The van der Waals surface area contributed by atoms with Crippen LogP contribution >= 0.6 is 11.6 Å². The first kappa shape index (κ1) is 23.6. The minimum absolute atomic E-state index is 0.0601. The molecule has 2 aromatic carbocycles. The number of halogens is 1. The third kappa shape index (κ3) is 6.21. The minimum atomic E-state index is -3.50. The Morgan fingerprint density at radius 1 is 1.19 bits per heavy atom. The number of nitrogens with one attached hydrogen (secondary N) is 1. The largest absolute Gasteiger partial charge is 0.497 e. The second-order valence-corrected chi connectivity index (χ2v) is 9.22. The molecular formula is C21H23ClN4O5S. The van der Waals surface area contributed by atoms with E-state index in [2.05, 4.69) is 15.5 Å². The monoisotopic (exact) mass is 478 g/mol. The highest BCUT2D eigenvalue weighted by molar-refractivity contribution is 7.92. The Hall–Kier alpha value is -3.11. The number of hydrogen-bond donors (Lipinski definition) is 1. The first-order valence-electron chi connectivity index (χ1n) is 9.74. The molecule has 0 saturated heterocycles. The molecule has 1 aromatic heterocycles. The third-order valence-corrected chi connectivity index (χ3v) is 6.07. The van der Waals surface area contributed by atoms with E-state index in [1.54, 1.807) is 42.5 Å². The highest BCUT2D eigenvalue weighted by Gasteiger charge is 2.18. The molecule has 1 amide bonds. The van der Waals surface area contributed by atoms with Crippen molar-refractivity contribution >= 4 is 33.2 Å². The molecule has 0 aliphatic rings. The van der Waals surface area contributed by atoms with Gasteiger partial charge in [0, 0.05) is 18.5 Å². The molecule has 3 aromatic rings. The lowest BCUT2D eigenvalue weighted by Gasteiger charge is -2.22. The molecule has 0 aliphatic carbocycles. The zero-order chi connectivity index (χ0) is 23.1. The number of carbonyl (C=O) groups excluding carboxylic acids is 1. The number of ether oxygens (including phenoxy) is 1. The summed E-state index contributed by atoms with van der Waals surface area (Å²) in [6.07, 6.45) is 1.59. The summed E-state index contributed by atoms with van der Waals surface area (Å²) in [5.74, 6) is 0.943. The van der Waals surface area contributed by atoms with Gasteiger partial charge in [-0.05, 0) is 42.8 Å². The second kappa shape index (κ2) is 10.5. The molecular weight excluding hydrogens is 456 g/mol. The van der Waals surface area contributed by atoms with Gasteiger partial charge in [-0.15, -0.1) is 0 Å². The SMILES string of the molecule is COc1ccc(N(CCCC(=O)NCc2nc(-c3ccccc3Cl)no2)S(C)(=O)=O)cc1. The van der Waals surface area contributed by atoms with E-state index in [-0.39, 0.29) is 31.3 Å². The fourth-order valence-electron chi connectivity index (χ4n) is 2.96. The number of hydrogen-bond acceptors (Lipinski definition) is 7. The Labute approximate surface area is 191 Å². The number of nitrogens with zero attached hydrogens (tertiary/aromatic N) is 3. The molecule has 0 atom stereocenters. The summed E-state index contributed by atoms with van der Waals surface area (Å²) in [5, 5.41) is 7.07. The first-order chi connectivity index (χ1) is 15.3. The molecule has 3 rings (SSSR count). The predicted molar refractivity (Wildman–Crippen MR) is 121 cm³/mol. The van der Waals surface area contributed by atoms with E-state index >= 15 is 0 Å². The topological polar surface area (TPSA) is 115 Å².